The summed E-state index contributed by atoms with van der Waals surface area (Å²) in [5.74, 6) is 0.756. The summed E-state index contributed by atoms with van der Waals surface area (Å²) >= 11 is 0. The average molecular weight is 427 g/mol. The first-order valence-corrected chi connectivity index (χ1v) is 10.7. The molecule has 4 rings (SSSR count). The highest BCUT2D eigenvalue weighted by Gasteiger charge is 2.39. The molecule has 2 heterocycles. The van der Waals surface area contributed by atoms with E-state index in [9.17, 15) is 14.9 Å². The number of methoxy groups -OCH3 is 1. The Bertz CT molecular complexity index is 1170. The lowest BCUT2D eigenvalue weighted by Crippen LogP contribution is -2.46. The second-order valence-corrected chi connectivity index (χ2v) is 9.20. The molecule has 0 radical (unpaired) electrons. The van der Waals surface area contributed by atoms with Crippen LogP contribution in [-0.2, 0) is 0 Å². The summed E-state index contributed by atoms with van der Waals surface area (Å²) in [5, 5.41) is 13.2. The highest BCUT2D eigenvalue weighted by atomic mass is 16.5. The van der Waals surface area contributed by atoms with Gasteiger partial charge in [-0.3, -0.25) is 14.3 Å². The van der Waals surface area contributed by atoms with Crippen molar-refractivity contribution < 1.29 is 4.74 Å². The van der Waals surface area contributed by atoms with Crippen molar-refractivity contribution in [2.75, 3.05) is 37.9 Å². The Morgan fingerprint density at radius 1 is 1.35 bits per heavy atom. The van der Waals surface area contributed by atoms with Crippen LogP contribution in [0.5, 0.6) is 5.75 Å². The minimum absolute atomic E-state index is 0.0267. The molecule has 2 atom stereocenters. The number of nitrogens with zero attached hydrogens (tertiary/aromatic N) is 3. The van der Waals surface area contributed by atoms with E-state index in [0.29, 0.717) is 22.3 Å². The number of nitrogens with one attached hydrogen (secondary N) is 2. The van der Waals surface area contributed by atoms with Gasteiger partial charge in [-0.2, -0.15) is 5.26 Å². The molecule has 2 aliphatic rings. The molecule has 9 nitrogen and oxygen atoms in total. The van der Waals surface area contributed by atoms with Crippen LogP contribution >= 0.6 is 0 Å². The minimum atomic E-state index is -0.512. The predicted molar refractivity (Wildman–Crippen MR) is 121 cm³/mol. The van der Waals surface area contributed by atoms with E-state index in [1.807, 2.05) is 20.9 Å². The quantitative estimate of drug-likeness (QED) is 0.598. The number of benzene rings is 1. The van der Waals surface area contributed by atoms with Crippen molar-refractivity contribution in [1.82, 2.24) is 14.9 Å². The van der Waals surface area contributed by atoms with Crippen LogP contribution in [0.3, 0.4) is 0 Å². The summed E-state index contributed by atoms with van der Waals surface area (Å²) in [7, 11) is 3.45. The fourth-order valence-corrected chi connectivity index (χ4v) is 5.10. The number of nitriles is 1. The van der Waals surface area contributed by atoms with Gasteiger partial charge in [-0.1, -0.05) is 0 Å². The monoisotopic (exact) mass is 426 g/mol. The number of nitrogens with two attached hydrogens (primary N) is 1. The molecule has 166 valence electrons. The normalized spacial score (nSPS) is 20.1. The van der Waals surface area contributed by atoms with Gasteiger partial charge in [-0.25, -0.2) is 4.79 Å². The summed E-state index contributed by atoms with van der Waals surface area (Å²) in [6.45, 7) is 5.38. The number of H-pyrrole nitrogens is 1. The van der Waals surface area contributed by atoms with Gasteiger partial charge in [0.25, 0.3) is 5.56 Å². The van der Waals surface area contributed by atoms with Gasteiger partial charge in [-0.05, 0) is 52.1 Å². The zero-order chi connectivity index (χ0) is 22.5. The summed E-state index contributed by atoms with van der Waals surface area (Å²) in [6, 6.07) is 4.26. The Hall–Kier alpha value is -2.99. The zero-order valence-electron chi connectivity index (χ0n) is 18.5. The smallest absolute Gasteiger partial charge is 0.329 e. The van der Waals surface area contributed by atoms with Crippen LogP contribution in [0.4, 0.5) is 11.4 Å². The molecule has 31 heavy (non-hydrogen) atoms. The number of hydrogen-bond donors (Lipinski definition) is 3. The van der Waals surface area contributed by atoms with Crippen LogP contribution in [0.15, 0.2) is 15.7 Å². The second kappa shape index (κ2) is 7.61. The van der Waals surface area contributed by atoms with Crippen molar-refractivity contribution >= 4 is 22.3 Å². The van der Waals surface area contributed by atoms with Gasteiger partial charge >= 0.3 is 5.69 Å². The van der Waals surface area contributed by atoms with E-state index in [-0.39, 0.29) is 18.0 Å². The Kier molecular flexibility index (Phi) is 5.21. The number of fused-ring (bicyclic) bond motifs is 1. The molecular weight excluding hydrogens is 396 g/mol. The van der Waals surface area contributed by atoms with Gasteiger partial charge in [0.1, 0.15) is 5.52 Å². The Morgan fingerprint density at radius 3 is 2.65 bits per heavy atom. The van der Waals surface area contributed by atoms with Gasteiger partial charge < -0.3 is 20.7 Å². The van der Waals surface area contributed by atoms with Gasteiger partial charge in [0, 0.05) is 30.9 Å². The largest absolute Gasteiger partial charge is 0.492 e. The lowest BCUT2D eigenvalue weighted by Gasteiger charge is -2.33. The molecule has 1 saturated carbocycles. The van der Waals surface area contributed by atoms with Crippen molar-refractivity contribution in [3.05, 3.63) is 26.9 Å². The highest BCUT2D eigenvalue weighted by Crippen LogP contribution is 2.44. The molecule has 1 saturated heterocycles. The summed E-state index contributed by atoms with van der Waals surface area (Å²) in [5.41, 5.74) is 6.46. The van der Waals surface area contributed by atoms with Crippen LogP contribution in [0.2, 0.25) is 0 Å². The Labute approximate surface area is 180 Å². The van der Waals surface area contributed by atoms with E-state index in [1.165, 1.54) is 0 Å². The van der Waals surface area contributed by atoms with Gasteiger partial charge in [0.05, 0.1) is 29.7 Å². The maximum Gasteiger partial charge on any atom is 0.329 e. The van der Waals surface area contributed by atoms with Crippen molar-refractivity contribution in [1.29, 1.82) is 5.26 Å². The van der Waals surface area contributed by atoms with Gasteiger partial charge in [0.15, 0.2) is 5.75 Å². The van der Waals surface area contributed by atoms with Crippen molar-refractivity contribution in [3.8, 4) is 11.8 Å². The minimum Gasteiger partial charge on any atom is -0.492 e. The lowest BCUT2D eigenvalue weighted by atomic mass is 9.78. The molecule has 0 spiro atoms. The summed E-state index contributed by atoms with van der Waals surface area (Å²) in [6.07, 6.45) is 2.67. The average Bonchev–Trinajstić information content (AvgIpc) is 3.44. The third-order valence-corrected chi connectivity index (χ3v) is 6.70. The molecule has 2 aromatic rings. The Morgan fingerprint density at radius 2 is 2.06 bits per heavy atom. The van der Waals surface area contributed by atoms with Crippen LogP contribution in [0.1, 0.15) is 39.2 Å². The third kappa shape index (κ3) is 3.45. The third-order valence-electron chi connectivity index (χ3n) is 6.70. The first kappa shape index (κ1) is 21.2. The van der Waals surface area contributed by atoms with Crippen LogP contribution in [0.25, 0.3) is 10.9 Å². The maximum atomic E-state index is 12.6. The maximum absolute atomic E-state index is 12.6. The highest BCUT2D eigenvalue weighted by molar-refractivity contribution is 5.99. The molecular formula is C22H30N6O3. The predicted octanol–water partition coefficient (Wildman–Crippen LogP) is 1.58. The summed E-state index contributed by atoms with van der Waals surface area (Å²) in [4.78, 5) is 29.8. The number of nitrogen functional groups attached to an aromatic ring is 1. The molecule has 1 aliphatic carbocycles. The molecule has 0 amide bonds. The van der Waals surface area contributed by atoms with E-state index in [1.54, 1.807) is 17.7 Å². The van der Waals surface area contributed by atoms with Crippen molar-refractivity contribution in [3.63, 3.8) is 0 Å². The molecule has 2 fully saturated rings. The molecule has 1 aromatic carbocycles. The molecule has 4 N–H and O–H groups in total. The zero-order valence-corrected chi connectivity index (χ0v) is 18.5. The first-order chi connectivity index (χ1) is 14.7. The molecule has 0 bridgehead atoms. The number of ether oxygens (including phenoxy) is 1. The van der Waals surface area contributed by atoms with Crippen molar-refractivity contribution in [2.45, 2.75) is 45.2 Å². The van der Waals surface area contributed by atoms with E-state index in [2.05, 4.69) is 21.3 Å². The molecule has 1 aromatic heterocycles. The number of anilines is 2. The Balaban J connectivity index is 1.83. The van der Waals surface area contributed by atoms with Crippen LogP contribution in [0, 0.1) is 22.7 Å². The van der Waals surface area contributed by atoms with Crippen LogP contribution < -0.4 is 31.9 Å². The summed E-state index contributed by atoms with van der Waals surface area (Å²) < 4.78 is 7.41. The topological polar surface area (TPSA) is 129 Å². The number of hydrogen-bond acceptors (Lipinski definition) is 7. The van der Waals surface area contributed by atoms with E-state index < -0.39 is 16.7 Å². The van der Waals surface area contributed by atoms with Crippen molar-refractivity contribution in [2.24, 2.45) is 11.3 Å². The number of aromatic nitrogens is 2. The van der Waals surface area contributed by atoms with E-state index >= 15 is 0 Å². The fraction of sp³-hybridized carbons (Fsp3) is 0.591. The van der Waals surface area contributed by atoms with Gasteiger partial charge in [0.2, 0.25) is 0 Å². The number of rotatable bonds is 6. The SMILES string of the molecule is CNC(C1CCN(c2cc(N)c3c(=O)[nH]c(=O)n(C4CC4)c3c2OC)C1)C(C)(C)C#N. The molecule has 2 unspecified atom stereocenters. The second-order valence-electron chi connectivity index (χ2n) is 9.20. The number of aromatic amines is 1. The van der Waals surface area contributed by atoms with Crippen LogP contribution in [-0.4, -0.2) is 42.8 Å². The van der Waals surface area contributed by atoms with Gasteiger partial charge in [-0.15, -0.1) is 0 Å². The molecule has 9 heteroatoms. The molecule has 1 aliphatic heterocycles. The standard InChI is InChI=1S/C22H30N6O3/c1-22(2,11-23)19(25-3)12-7-8-27(10-12)15-9-14(24)16-17(18(15)31-4)28(13-5-6-13)21(30)26-20(16)29/h9,12-13,19,25H,5-8,10,24H2,1-4H3,(H,26,29,30). The first-order valence-electron chi connectivity index (χ1n) is 10.7. The van der Waals surface area contributed by atoms with E-state index in [4.69, 9.17) is 10.5 Å². The lowest BCUT2D eigenvalue weighted by molar-refractivity contribution is 0.253. The van der Waals surface area contributed by atoms with E-state index in [0.717, 1.165) is 38.0 Å². The fourth-order valence-electron chi connectivity index (χ4n) is 5.10.